The molecule has 0 aliphatic carbocycles. The van der Waals surface area contributed by atoms with Gasteiger partial charge in [-0.1, -0.05) is 12.1 Å². The summed E-state index contributed by atoms with van der Waals surface area (Å²) in [6.45, 7) is 3.39. The SMILES string of the molecule is CC(c1cccc(O)c1)N(CCN(C)C)CC(=O)O. The topological polar surface area (TPSA) is 64.0 Å². The molecule has 0 spiro atoms. The zero-order valence-corrected chi connectivity index (χ0v) is 11.7. The highest BCUT2D eigenvalue weighted by Gasteiger charge is 2.18. The molecule has 0 aliphatic rings. The number of hydrogen-bond acceptors (Lipinski definition) is 4. The number of likely N-dealkylation sites (N-methyl/N-ethyl adjacent to an activating group) is 1. The van der Waals surface area contributed by atoms with Gasteiger partial charge in [0.1, 0.15) is 5.75 Å². The minimum absolute atomic E-state index is 0.00926. The molecule has 2 N–H and O–H groups in total. The van der Waals surface area contributed by atoms with Gasteiger partial charge in [0.25, 0.3) is 0 Å². The van der Waals surface area contributed by atoms with Crippen LogP contribution in [0.2, 0.25) is 0 Å². The predicted molar refractivity (Wildman–Crippen MR) is 74.3 cm³/mol. The summed E-state index contributed by atoms with van der Waals surface area (Å²) in [4.78, 5) is 14.9. The van der Waals surface area contributed by atoms with Gasteiger partial charge in [0, 0.05) is 19.1 Å². The number of phenolic OH excluding ortho intramolecular Hbond substituents is 1. The molecule has 5 heteroatoms. The molecule has 1 rings (SSSR count). The normalized spacial score (nSPS) is 12.9. The van der Waals surface area contributed by atoms with E-state index in [2.05, 4.69) is 0 Å². The number of rotatable bonds is 7. The van der Waals surface area contributed by atoms with Crippen LogP contribution in [-0.4, -0.2) is 59.7 Å². The van der Waals surface area contributed by atoms with Crippen LogP contribution in [-0.2, 0) is 4.79 Å². The second kappa shape index (κ2) is 7.11. The van der Waals surface area contributed by atoms with Gasteiger partial charge >= 0.3 is 5.97 Å². The van der Waals surface area contributed by atoms with Crippen molar-refractivity contribution in [3.63, 3.8) is 0 Å². The van der Waals surface area contributed by atoms with Crippen LogP contribution in [0, 0.1) is 0 Å². The Kier molecular flexibility index (Phi) is 5.79. The first kappa shape index (κ1) is 15.5. The quantitative estimate of drug-likeness (QED) is 0.781. The van der Waals surface area contributed by atoms with Gasteiger partial charge in [0.05, 0.1) is 6.54 Å². The first-order valence-corrected chi connectivity index (χ1v) is 6.29. The van der Waals surface area contributed by atoms with Crippen molar-refractivity contribution >= 4 is 5.97 Å². The minimum atomic E-state index is -0.842. The first-order valence-electron chi connectivity index (χ1n) is 6.29. The lowest BCUT2D eigenvalue weighted by Gasteiger charge is -2.29. The maximum atomic E-state index is 11.0. The molecule has 19 heavy (non-hydrogen) atoms. The highest BCUT2D eigenvalue weighted by atomic mass is 16.4. The van der Waals surface area contributed by atoms with Crippen molar-refractivity contribution in [2.75, 3.05) is 33.7 Å². The molecule has 0 fully saturated rings. The Morgan fingerprint density at radius 2 is 2.00 bits per heavy atom. The summed E-state index contributed by atoms with van der Waals surface area (Å²) in [7, 11) is 3.91. The van der Waals surface area contributed by atoms with Gasteiger partial charge in [0.15, 0.2) is 0 Å². The molecule has 0 saturated heterocycles. The van der Waals surface area contributed by atoms with E-state index in [-0.39, 0.29) is 18.3 Å². The molecule has 1 unspecified atom stereocenters. The average Bonchev–Trinajstić information content (AvgIpc) is 2.33. The number of benzene rings is 1. The summed E-state index contributed by atoms with van der Waals surface area (Å²) < 4.78 is 0. The molecular formula is C14H22N2O3. The van der Waals surface area contributed by atoms with Crippen LogP contribution in [0.3, 0.4) is 0 Å². The Hall–Kier alpha value is -1.59. The fourth-order valence-electron chi connectivity index (χ4n) is 1.91. The number of aromatic hydroxyl groups is 1. The van der Waals surface area contributed by atoms with Gasteiger partial charge in [-0.25, -0.2) is 0 Å². The number of carbonyl (C=O) groups is 1. The highest BCUT2D eigenvalue weighted by Crippen LogP contribution is 2.23. The fraction of sp³-hybridized carbons (Fsp3) is 0.500. The zero-order valence-electron chi connectivity index (χ0n) is 11.7. The van der Waals surface area contributed by atoms with E-state index >= 15 is 0 Å². The van der Waals surface area contributed by atoms with Crippen molar-refractivity contribution in [3.05, 3.63) is 29.8 Å². The first-order chi connectivity index (χ1) is 8.90. The largest absolute Gasteiger partial charge is 0.508 e. The zero-order chi connectivity index (χ0) is 14.4. The van der Waals surface area contributed by atoms with Gasteiger partial charge in [-0.15, -0.1) is 0 Å². The highest BCUT2D eigenvalue weighted by molar-refractivity contribution is 5.69. The standard InChI is InChI=1S/C14H22N2O3/c1-11(12-5-4-6-13(17)9-12)16(10-14(18)19)8-7-15(2)3/h4-6,9,11,17H,7-8,10H2,1-3H3,(H,18,19). The third-order valence-corrected chi connectivity index (χ3v) is 3.07. The smallest absolute Gasteiger partial charge is 0.317 e. The van der Waals surface area contributed by atoms with Gasteiger partial charge in [-0.05, 0) is 38.7 Å². The Balaban J connectivity index is 2.80. The number of carboxylic acids is 1. The van der Waals surface area contributed by atoms with E-state index in [1.165, 1.54) is 0 Å². The lowest BCUT2D eigenvalue weighted by atomic mass is 10.1. The molecule has 1 atom stereocenters. The molecule has 106 valence electrons. The molecule has 5 nitrogen and oxygen atoms in total. The van der Waals surface area contributed by atoms with Crippen molar-refractivity contribution in [2.45, 2.75) is 13.0 Å². The van der Waals surface area contributed by atoms with E-state index in [1.54, 1.807) is 18.2 Å². The number of nitrogens with zero attached hydrogens (tertiary/aromatic N) is 2. The lowest BCUT2D eigenvalue weighted by molar-refractivity contribution is -0.138. The second-order valence-corrected chi connectivity index (χ2v) is 4.94. The Morgan fingerprint density at radius 1 is 1.32 bits per heavy atom. The van der Waals surface area contributed by atoms with Crippen LogP contribution in [0.25, 0.3) is 0 Å². The molecule has 1 aromatic rings. The van der Waals surface area contributed by atoms with E-state index in [0.29, 0.717) is 6.54 Å². The molecule has 1 aromatic carbocycles. The molecule has 0 heterocycles. The average molecular weight is 266 g/mol. The van der Waals surface area contributed by atoms with E-state index in [9.17, 15) is 9.90 Å². The third kappa shape index (κ3) is 5.28. The van der Waals surface area contributed by atoms with Gasteiger partial charge in [-0.3, -0.25) is 9.69 Å². The Bertz CT molecular complexity index is 421. The van der Waals surface area contributed by atoms with E-state index < -0.39 is 5.97 Å². The summed E-state index contributed by atoms with van der Waals surface area (Å²) in [5, 5.41) is 18.5. The van der Waals surface area contributed by atoms with Crippen molar-refractivity contribution in [2.24, 2.45) is 0 Å². The summed E-state index contributed by atoms with van der Waals surface area (Å²) >= 11 is 0. The van der Waals surface area contributed by atoms with Crippen molar-refractivity contribution < 1.29 is 15.0 Å². The molecular weight excluding hydrogens is 244 g/mol. The van der Waals surface area contributed by atoms with Crippen LogP contribution < -0.4 is 0 Å². The van der Waals surface area contributed by atoms with Crippen molar-refractivity contribution in [1.29, 1.82) is 0 Å². The Labute approximate surface area is 114 Å². The maximum Gasteiger partial charge on any atom is 0.317 e. The monoisotopic (exact) mass is 266 g/mol. The van der Waals surface area contributed by atoms with Crippen LogP contribution >= 0.6 is 0 Å². The van der Waals surface area contributed by atoms with Crippen LogP contribution in [0.4, 0.5) is 0 Å². The molecule has 0 aromatic heterocycles. The van der Waals surface area contributed by atoms with Crippen LogP contribution in [0.5, 0.6) is 5.75 Å². The summed E-state index contributed by atoms with van der Waals surface area (Å²) in [5.41, 5.74) is 0.917. The minimum Gasteiger partial charge on any atom is -0.508 e. The second-order valence-electron chi connectivity index (χ2n) is 4.94. The summed E-state index contributed by atoms with van der Waals surface area (Å²) in [6.07, 6.45) is 0. The van der Waals surface area contributed by atoms with Gasteiger partial charge in [-0.2, -0.15) is 0 Å². The van der Waals surface area contributed by atoms with Crippen molar-refractivity contribution in [3.8, 4) is 5.75 Å². The molecule has 0 saturated carbocycles. The van der Waals surface area contributed by atoms with E-state index in [4.69, 9.17) is 5.11 Å². The Morgan fingerprint density at radius 3 is 2.53 bits per heavy atom. The van der Waals surface area contributed by atoms with E-state index in [0.717, 1.165) is 12.1 Å². The third-order valence-electron chi connectivity index (χ3n) is 3.07. The van der Waals surface area contributed by atoms with Crippen LogP contribution in [0.15, 0.2) is 24.3 Å². The van der Waals surface area contributed by atoms with Crippen molar-refractivity contribution in [1.82, 2.24) is 9.80 Å². The lowest BCUT2D eigenvalue weighted by Crippen LogP contribution is -2.37. The summed E-state index contributed by atoms with van der Waals surface area (Å²) in [5.74, 6) is -0.641. The van der Waals surface area contributed by atoms with E-state index in [1.807, 2.05) is 36.9 Å². The fourth-order valence-corrected chi connectivity index (χ4v) is 1.91. The number of hydrogen-bond donors (Lipinski definition) is 2. The molecule has 0 amide bonds. The van der Waals surface area contributed by atoms with Crippen LogP contribution in [0.1, 0.15) is 18.5 Å². The number of aliphatic carboxylic acids is 1. The number of phenols is 1. The number of carboxylic acid groups (broad SMARTS) is 1. The summed E-state index contributed by atoms with van der Waals surface area (Å²) in [6, 6.07) is 6.90. The molecule has 0 radical (unpaired) electrons. The molecule has 0 bridgehead atoms. The molecule has 0 aliphatic heterocycles. The van der Waals surface area contributed by atoms with Gasteiger partial charge < -0.3 is 15.1 Å². The predicted octanol–water partition coefficient (Wildman–Crippen LogP) is 1.40. The van der Waals surface area contributed by atoms with Gasteiger partial charge in [0.2, 0.25) is 0 Å². The maximum absolute atomic E-state index is 11.0.